The van der Waals surface area contributed by atoms with E-state index in [1.165, 1.54) is 0 Å². The van der Waals surface area contributed by atoms with E-state index in [4.69, 9.17) is 5.73 Å². The van der Waals surface area contributed by atoms with E-state index >= 15 is 0 Å². The van der Waals surface area contributed by atoms with Gasteiger partial charge in [-0.25, -0.2) is 15.0 Å². The molecule has 0 saturated heterocycles. The smallest absolute Gasteiger partial charge is 0.142 e. The summed E-state index contributed by atoms with van der Waals surface area (Å²) in [4.78, 5) is 12.7. The van der Waals surface area contributed by atoms with Crippen molar-refractivity contribution < 1.29 is 0 Å². The van der Waals surface area contributed by atoms with Gasteiger partial charge in [0, 0.05) is 18.1 Å². The van der Waals surface area contributed by atoms with Crippen molar-refractivity contribution in [2.75, 3.05) is 0 Å². The van der Waals surface area contributed by atoms with Crippen LogP contribution in [-0.4, -0.2) is 15.0 Å². The zero-order valence-electron chi connectivity index (χ0n) is 7.77. The number of aromatic nitrogens is 3. The van der Waals surface area contributed by atoms with Gasteiger partial charge in [0.25, 0.3) is 0 Å². The average Bonchev–Trinajstić information content (AvgIpc) is 2.66. The fourth-order valence-corrected chi connectivity index (χ4v) is 1.89. The Hall–Kier alpha value is -1.33. The topological polar surface area (TPSA) is 64.7 Å². The molecule has 2 N–H and O–H groups in total. The van der Waals surface area contributed by atoms with Crippen molar-refractivity contribution in [1.29, 1.82) is 0 Å². The summed E-state index contributed by atoms with van der Waals surface area (Å²) in [6.45, 7) is 2.33. The highest BCUT2D eigenvalue weighted by Gasteiger charge is 2.04. The molecular formula is C9H10N4S. The molecule has 2 aromatic heterocycles. The lowest BCUT2D eigenvalue weighted by Crippen LogP contribution is -1.96. The average molecular weight is 206 g/mol. The summed E-state index contributed by atoms with van der Waals surface area (Å²) >= 11 is 1.55. The van der Waals surface area contributed by atoms with Crippen molar-refractivity contribution in [2.24, 2.45) is 5.73 Å². The van der Waals surface area contributed by atoms with Crippen molar-refractivity contribution in [3.8, 4) is 10.7 Å². The number of thiazole rings is 1. The van der Waals surface area contributed by atoms with Gasteiger partial charge in [0.15, 0.2) is 0 Å². The molecule has 0 aliphatic heterocycles. The molecule has 2 heterocycles. The zero-order valence-corrected chi connectivity index (χ0v) is 8.58. The monoisotopic (exact) mass is 206 g/mol. The number of rotatable bonds is 2. The third-order valence-electron chi connectivity index (χ3n) is 1.76. The maximum absolute atomic E-state index is 5.48. The predicted molar refractivity (Wildman–Crippen MR) is 55.8 cm³/mol. The Labute approximate surface area is 85.9 Å². The molecule has 0 unspecified atom stereocenters. The van der Waals surface area contributed by atoms with Gasteiger partial charge < -0.3 is 5.73 Å². The highest BCUT2D eigenvalue weighted by atomic mass is 32.1. The van der Waals surface area contributed by atoms with Gasteiger partial charge in [0.05, 0.1) is 5.69 Å². The molecule has 2 aromatic rings. The van der Waals surface area contributed by atoms with Crippen LogP contribution in [0.2, 0.25) is 0 Å². The van der Waals surface area contributed by atoms with Gasteiger partial charge in [-0.1, -0.05) is 0 Å². The number of nitrogens with two attached hydrogens (primary N) is 1. The molecule has 14 heavy (non-hydrogen) atoms. The standard InChI is InChI=1S/C9H10N4S/c1-6-11-3-2-8(12-6)9-13-7(4-10)5-14-9/h2-3,5H,4,10H2,1H3. The van der Waals surface area contributed by atoms with Crippen LogP contribution in [0.1, 0.15) is 11.5 Å². The van der Waals surface area contributed by atoms with Gasteiger partial charge in [-0.15, -0.1) is 11.3 Å². The predicted octanol–water partition coefficient (Wildman–Crippen LogP) is 1.37. The van der Waals surface area contributed by atoms with Crippen LogP contribution in [0.15, 0.2) is 17.6 Å². The van der Waals surface area contributed by atoms with E-state index in [2.05, 4.69) is 15.0 Å². The van der Waals surface area contributed by atoms with Gasteiger partial charge >= 0.3 is 0 Å². The lowest BCUT2D eigenvalue weighted by atomic mass is 10.4. The molecule has 0 spiro atoms. The molecular weight excluding hydrogens is 196 g/mol. The minimum atomic E-state index is 0.473. The lowest BCUT2D eigenvalue weighted by Gasteiger charge is -1.95. The molecule has 2 rings (SSSR count). The molecule has 0 fully saturated rings. The van der Waals surface area contributed by atoms with E-state index in [-0.39, 0.29) is 0 Å². The second-order valence-electron chi connectivity index (χ2n) is 2.84. The van der Waals surface area contributed by atoms with Gasteiger partial charge in [-0.3, -0.25) is 0 Å². The first kappa shape index (κ1) is 9.23. The van der Waals surface area contributed by atoms with Crippen LogP contribution in [-0.2, 0) is 6.54 Å². The van der Waals surface area contributed by atoms with Crippen molar-refractivity contribution in [1.82, 2.24) is 15.0 Å². The summed E-state index contributed by atoms with van der Waals surface area (Å²) in [5.74, 6) is 0.756. The third-order valence-corrected chi connectivity index (χ3v) is 2.67. The second kappa shape index (κ2) is 3.81. The molecule has 0 bridgehead atoms. The van der Waals surface area contributed by atoms with Gasteiger partial charge in [0.2, 0.25) is 0 Å². The number of aryl methyl sites for hydroxylation is 1. The van der Waals surface area contributed by atoms with Crippen LogP contribution in [0.25, 0.3) is 10.7 Å². The minimum Gasteiger partial charge on any atom is -0.325 e. The summed E-state index contributed by atoms with van der Waals surface area (Å²) in [5, 5.41) is 2.85. The highest BCUT2D eigenvalue weighted by molar-refractivity contribution is 7.13. The maximum atomic E-state index is 5.48. The van der Waals surface area contributed by atoms with Gasteiger partial charge in [-0.2, -0.15) is 0 Å². The van der Waals surface area contributed by atoms with Crippen molar-refractivity contribution in [3.63, 3.8) is 0 Å². The molecule has 0 amide bonds. The molecule has 72 valence electrons. The van der Waals surface area contributed by atoms with Gasteiger partial charge in [0.1, 0.15) is 16.5 Å². The van der Waals surface area contributed by atoms with Crippen LogP contribution in [0.4, 0.5) is 0 Å². The summed E-state index contributed by atoms with van der Waals surface area (Å²) in [6, 6.07) is 1.85. The van der Waals surface area contributed by atoms with E-state index in [1.807, 2.05) is 18.4 Å². The summed E-state index contributed by atoms with van der Waals surface area (Å²) < 4.78 is 0. The van der Waals surface area contributed by atoms with Crippen LogP contribution in [0.5, 0.6) is 0 Å². The fraction of sp³-hybridized carbons (Fsp3) is 0.222. The van der Waals surface area contributed by atoms with Crippen LogP contribution >= 0.6 is 11.3 Å². The third kappa shape index (κ3) is 1.78. The Kier molecular flexibility index (Phi) is 2.51. The largest absolute Gasteiger partial charge is 0.325 e. The van der Waals surface area contributed by atoms with E-state index in [0.29, 0.717) is 6.54 Å². The molecule has 5 heteroatoms. The first-order chi connectivity index (χ1) is 6.79. The van der Waals surface area contributed by atoms with Crippen LogP contribution < -0.4 is 5.73 Å². The number of nitrogens with zero attached hydrogens (tertiary/aromatic N) is 3. The summed E-state index contributed by atoms with van der Waals surface area (Å²) in [7, 11) is 0. The fourth-order valence-electron chi connectivity index (χ4n) is 1.09. The first-order valence-corrected chi connectivity index (χ1v) is 5.12. The quantitative estimate of drug-likeness (QED) is 0.806. The van der Waals surface area contributed by atoms with Crippen molar-refractivity contribution >= 4 is 11.3 Å². The van der Waals surface area contributed by atoms with Gasteiger partial charge in [-0.05, 0) is 13.0 Å². The maximum Gasteiger partial charge on any atom is 0.142 e. The summed E-state index contributed by atoms with van der Waals surface area (Å²) in [6.07, 6.45) is 1.74. The number of hydrogen-bond donors (Lipinski definition) is 1. The molecule has 0 aliphatic carbocycles. The zero-order chi connectivity index (χ0) is 9.97. The molecule has 0 aliphatic rings. The van der Waals surface area contributed by atoms with E-state index in [1.54, 1.807) is 17.5 Å². The Balaban J connectivity index is 2.39. The Morgan fingerprint density at radius 2 is 2.29 bits per heavy atom. The Morgan fingerprint density at radius 3 is 2.93 bits per heavy atom. The Morgan fingerprint density at radius 1 is 1.43 bits per heavy atom. The van der Waals surface area contributed by atoms with E-state index in [9.17, 15) is 0 Å². The highest BCUT2D eigenvalue weighted by Crippen LogP contribution is 2.20. The van der Waals surface area contributed by atoms with Crippen molar-refractivity contribution in [3.05, 3.63) is 29.2 Å². The van der Waals surface area contributed by atoms with Crippen LogP contribution in [0.3, 0.4) is 0 Å². The van der Waals surface area contributed by atoms with Crippen LogP contribution in [0, 0.1) is 6.92 Å². The molecule has 4 nitrogen and oxygen atoms in total. The van der Waals surface area contributed by atoms with E-state index < -0.39 is 0 Å². The summed E-state index contributed by atoms with van der Waals surface area (Å²) in [5.41, 5.74) is 7.25. The van der Waals surface area contributed by atoms with E-state index in [0.717, 1.165) is 22.2 Å². The number of hydrogen-bond acceptors (Lipinski definition) is 5. The normalized spacial score (nSPS) is 10.4. The molecule has 0 saturated carbocycles. The molecule has 0 atom stereocenters. The second-order valence-corrected chi connectivity index (χ2v) is 3.70. The molecule has 0 aromatic carbocycles. The minimum absolute atomic E-state index is 0.473. The molecule has 0 radical (unpaired) electrons. The first-order valence-electron chi connectivity index (χ1n) is 4.24. The Bertz CT molecular complexity index is 438. The SMILES string of the molecule is Cc1nccc(-c2nc(CN)cs2)n1. The lowest BCUT2D eigenvalue weighted by molar-refractivity contribution is 1.00. The van der Waals surface area contributed by atoms with Crippen molar-refractivity contribution in [2.45, 2.75) is 13.5 Å².